The lowest BCUT2D eigenvalue weighted by atomic mass is 9.85. The van der Waals surface area contributed by atoms with Gasteiger partial charge in [0, 0.05) is 18.2 Å². The fraction of sp³-hybridized carbons (Fsp3) is 0.750. The van der Waals surface area contributed by atoms with Crippen molar-refractivity contribution < 1.29 is 0 Å². The van der Waals surface area contributed by atoms with E-state index in [0.29, 0.717) is 5.92 Å². The van der Waals surface area contributed by atoms with Gasteiger partial charge in [-0.15, -0.1) is 0 Å². The molecule has 0 aliphatic heterocycles. The Hall–Kier alpha value is -0.790. The molecule has 0 amide bonds. The standard InChI is InChI=1S/C12H22N2/c1-8(2)10-9(3)13-14(7)11(10)12(4,5)6/h8H,1-7H3. The minimum atomic E-state index is 0.176. The van der Waals surface area contributed by atoms with Gasteiger partial charge in [-0.1, -0.05) is 34.6 Å². The topological polar surface area (TPSA) is 17.8 Å². The van der Waals surface area contributed by atoms with Crippen molar-refractivity contribution in [2.75, 3.05) is 0 Å². The summed E-state index contributed by atoms with van der Waals surface area (Å²) in [7, 11) is 2.04. The Kier molecular flexibility index (Phi) is 2.75. The molecule has 2 heteroatoms. The largest absolute Gasteiger partial charge is 0.272 e. The van der Waals surface area contributed by atoms with Gasteiger partial charge in [-0.25, -0.2) is 0 Å². The van der Waals surface area contributed by atoms with Crippen LogP contribution in [-0.2, 0) is 12.5 Å². The summed E-state index contributed by atoms with van der Waals surface area (Å²) in [5.41, 5.74) is 4.13. The average molecular weight is 194 g/mol. The van der Waals surface area contributed by atoms with Gasteiger partial charge in [0.05, 0.1) is 5.69 Å². The molecule has 2 nitrogen and oxygen atoms in total. The van der Waals surface area contributed by atoms with E-state index in [2.05, 4.69) is 46.6 Å². The van der Waals surface area contributed by atoms with Crippen molar-refractivity contribution in [3.63, 3.8) is 0 Å². The number of hydrogen-bond donors (Lipinski definition) is 0. The quantitative estimate of drug-likeness (QED) is 0.671. The SMILES string of the molecule is Cc1nn(C)c(C(C)(C)C)c1C(C)C. The van der Waals surface area contributed by atoms with Crippen molar-refractivity contribution in [3.8, 4) is 0 Å². The molecule has 14 heavy (non-hydrogen) atoms. The van der Waals surface area contributed by atoms with Crippen LogP contribution in [0.25, 0.3) is 0 Å². The highest BCUT2D eigenvalue weighted by atomic mass is 15.3. The van der Waals surface area contributed by atoms with Gasteiger partial charge in [0.25, 0.3) is 0 Å². The van der Waals surface area contributed by atoms with E-state index in [0.717, 1.165) is 0 Å². The van der Waals surface area contributed by atoms with Crippen LogP contribution < -0.4 is 0 Å². The number of hydrogen-bond acceptors (Lipinski definition) is 1. The van der Waals surface area contributed by atoms with Gasteiger partial charge in [-0.05, 0) is 18.4 Å². The predicted molar refractivity (Wildman–Crippen MR) is 60.7 cm³/mol. The second-order valence-electron chi connectivity index (χ2n) is 5.38. The lowest BCUT2D eigenvalue weighted by Gasteiger charge is -2.22. The summed E-state index contributed by atoms with van der Waals surface area (Å²) in [6.45, 7) is 13.3. The van der Waals surface area contributed by atoms with Crippen molar-refractivity contribution in [3.05, 3.63) is 17.0 Å². The van der Waals surface area contributed by atoms with Gasteiger partial charge < -0.3 is 0 Å². The second kappa shape index (κ2) is 3.41. The van der Waals surface area contributed by atoms with Crippen molar-refractivity contribution in [1.29, 1.82) is 0 Å². The molecule has 1 aromatic heterocycles. The number of nitrogens with zero attached hydrogens (tertiary/aromatic N) is 2. The zero-order chi connectivity index (χ0) is 11.1. The fourth-order valence-electron chi connectivity index (χ4n) is 2.26. The van der Waals surface area contributed by atoms with Gasteiger partial charge in [-0.2, -0.15) is 5.10 Å². The van der Waals surface area contributed by atoms with Crippen LogP contribution in [0.1, 0.15) is 57.5 Å². The third-order valence-corrected chi connectivity index (χ3v) is 2.56. The molecule has 80 valence electrons. The van der Waals surface area contributed by atoms with Gasteiger partial charge in [0.1, 0.15) is 0 Å². The molecular weight excluding hydrogens is 172 g/mol. The first-order valence-corrected chi connectivity index (χ1v) is 5.29. The molecule has 0 saturated heterocycles. The highest BCUT2D eigenvalue weighted by Crippen LogP contribution is 2.31. The van der Waals surface area contributed by atoms with Crippen LogP contribution in [0.3, 0.4) is 0 Å². The van der Waals surface area contributed by atoms with Crippen LogP contribution in [0.4, 0.5) is 0 Å². The van der Waals surface area contributed by atoms with Gasteiger partial charge in [0.2, 0.25) is 0 Å². The molecule has 1 heterocycles. The molecule has 1 rings (SSSR count). The van der Waals surface area contributed by atoms with Crippen LogP contribution in [0.2, 0.25) is 0 Å². The normalized spacial score (nSPS) is 12.6. The molecule has 0 N–H and O–H groups in total. The third-order valence-electron chi connectivity index (χ3n) is 2.56. The van der Waals surface area contributed by atoms with Crippen molar-refractivity contribution >= 4 is 0 Å². The van der Waals surface area contributed by atoms with Gasteiger partial charge in [-0.3, -0.25) is 4.68 Å². The Morgan fingerprint density at radius 1 is 1.21 bits per heavy atom. The number of rotatable bonds is 1. The summed E-state index contributed by atoms with van der Waals surface area (Å²) in [5, 5.41) is 4.52. The molecule has 0 saturated carbocycles. The summed E-state index contributed by atoms with van der Waals surface area (Å²) < 4.78 is 2.03. The highest BCUT2D eigenvalue weighted by molar-refractivity contribution is 5.33. The van der Waals surface area contributed by atoms with E-state index in [1.807, 2.05) is 11.7 Å². The summed E-state index contributed by atoms with van der Waals surface area (Å²) >= 11 is 0. The number of aromatic nitrogens is 2. The van der Waals surface area contributed by atoms with E-state index in [4.69, 9.17) is 0 Å². The summed E-state index contributed by atoms with van der Waals surface area (Å²) in [5.74, 6) is 0.554. The minimum absolute atomic E-state index is 0.176. The van der Waals surface area contributed by atoms with Crippen molar-refractivity contribution in [2.45, 2.75) is 52.9 Å². The van der Waals surface area contributed by atoms with Gasteiger partial charge in [0.15, 0.2) is 0 Å². The van der Waals surface area contributed by atoms with E-state index in [9.17, 15) is 0 Å². The molecule has 1 aromatic rings. The molecule has 0 bridgehead atoms. The Balaban J connectivity index is 3.40. The Morgan fingerprint density at radius 2 is 1.71 bits per heavy atom. The zero-order valence-corrected chi connectivity index (χ0v) is 10.5. The Labute approximate surface area is 87.3 Å². The smallest absolute Gasteiger partial charge is 0.0631 e. The zero-order valence-electron chi connectivity index (χ0n) is 10.5. The lowest BCUT2D eigenvalue weighted by molar-refractivity contribution is 0.514. The maximum absolute atomic E-state index is 4.52. The Morgan fingerprint density at radius 3 is 2.00 bits per heavy atom. The first kappa shape index (κ1) is 11.3. The van der Waals surface area contributed by atoms with E-state index < -0.39 is 0 Å². The maximum Gasteiger partial charge on any atom is 0.0631 e. The minimum Gasteiger partial charge on any atom is -0.272 e. The van der Waals surface area contributed by atoms with E-state index in [1.54, 1.807) is 0 Å². The molecule has 0 spiro atoms. The molecule has 0 aromatic carbocycles. The fourth-order valence-corrected chi connectivity index (χ4v) is 2.26. The van der Waals surface area contributed by atoms with E-state index in [1.165, 1.54) is 17.0 Å². The van der Waals surface area contributed by atoms with Crippen LogP contribution >= 0.6 is 0 Å². The highest BCUT2D eigenvalue weighted by Gasteiger charge is 2.25. The Bertz CT molecular complexity index is 327. The number of aryl methyl sites for hydroxylation is 2. The molecular formula is C12H22N2. The summed E-state index contributed by atoms with van der Waals surface area (Å²) in [6, 6.07) is 0. The molecule has 0 radical (unpaired) electrons. The molecule has 0 aliphatic carbocycles. The van der Waals surface area contributed by atoms with E-state index in [-0.39, 0.29) is 5.41 Å². The van der Waals surface area contributed by atoms with Crippen LogP contribution in [0.5, 0.6) is 0 Å². The van der Waals surface area contributed by atoms with Gasteiger partial charge >= 0.3 is 0 Å². The van der Waals surface area contributed by atoms with Crippen LogP contribution in [0.15, 0.2) is 0 Å². The van der Waals surface area contributed by atoms with Crippen molar-refractivity contribution in [1.82, 2.24) is 9.78 Å². The second-order valence-corrected chi connectivity index (χ2v) is 5.38. The summed E-state index contributed by atoms with van der Waals surface area (Å²) in [6.07, 6.45) is 0. The molecule has 0 atom stereocenters. The lowest BCUT2D eigenvalue weighted by Crippen LogP contribution is -2.19. The molecule has 0 unspecified atom stereocenters. The summed E-state index contributed by atoms with van der Waals surface area (Å²) in [4.78, 5) is 0. The first-order valence-electron chi connectivity index (χ1n) is 5.29. The van der Waals surface area contributed by atoms with Crippen molar-refractivity contribution in [2.24, 2.45) is 7.05 Å². The van der Waals surface area contributed by atoms with Crippen LogP contribution in [0, 0.1) is 6.92 Å². The molecule has 0 fully saturated rings. The van der Waals surface area contributed by atoms with Crippen LogP contribution in [-0.4, -0.2) is 9.78 Å². The molecule has 0 aliphatic rings. The monoisotopic (exact) mass is 194 g/mol. The average Bonchev–Trinajstić information content (AvgIpc) is 2.23. The van der Waals surface area contributed by atoms with E-state index >= 15 is 0 Å². The third kappa shape index (κ3) is 1.84. The predicted octanol–water partition coefficient (Wildman–Crippen LogP) is 3.15. The maximum atomic E-state index is 4.52. The first-order chi connectivity index (χ1) is 6.25.